The Bertz CT molecular complexity index is 719. The zero-order chi connectivity index (χ0) is 15.1. The summed E-state index contributed by atoms with van der Waals surface area (Å²) in [5.74, 6) is -0.105. The molecule has 5 heteroatoms. The number of halogens is 2. The fourth-order valence-corrected chi connectivity index (χ4v) is 3.52. The molecule has 1 unspecified atom stereocenters. The number of carbonyl (C=O) groups excluding carboxylic acids is 1. The summed E-state index contributed by atoms with van der Waals surface area (Å²) in [6.45, 7) is 1.91. The first-order valence-electron chi connectivity index (χ1n) is 7.60. The van der Waals surface area contributed by atoms with Gasteiger partial charge in [-0.25, -0.2) is 4.39 Å². The van der Waals surface area contributed by atoms with Crippen molar-refractivity contribution in [2.75, 3.05) is 24.5 Å². The summed E-state index contributed by atoms with van der Waals surface area (Å²) < 4.78 is 13.1. The van der Waals surface area contributed by atoms with Crippen LogP contribution in [0.5, 0.6) is 0 Å². The van der Waals surface area contributed by atoms with Crippen LogP contribution in [0.2, 0.25) is 0 Å². The molecule has 2 aromatic rings. The molecule has 1 amide bonds. The maximum atomic E-state index is 13.1. The number of amides is 1. The minimum Gasteiger partial charge on any atom is -0.360 e. The van der Waals surface area contributed by atoms with E-state index in [4.69, 9.17) is 0 Å². The summed E-state index contributed by atoms with van der Waals surface area (Å²) in [4.78, 5) is 16.5. The highest BCUT2D eigenvalue weighted by molar-refractivity contribution is 5.85. The Balaban J connectivity index is 0.00000156. The molecular weight excluding hydrogens is 315 g/mol. The molecule has 0 spiro atoms. The van der Waals surface area contributed by atoms with Gasteiger partial charge in [0.15, 0.2) is 0 Å². The van der Waals surface area contributed by atoms with E-state index in [0.717, 1.165) is 25.2 Å². The second-order valence-corrected chi connectivity index (χ2v) is 5.91. The van der Waals surface area contributed by atoms with Crippen LogP contribution in [0.3, 0.4) is 0 Å². The van der Waals surface area contributed by atoms with Gasteiger partial charge in [-0.3, -0.25) is 4.79 Å². The summed E-state index contributed by atoms with van der Waals surface area (Å²) in [6.07, 6.45) is 0.926. The average molecular weight is 333 g/mol. The van der Waals surface area contributed by atoms with Crippen molar-refractivity contribution < 1.29 is 9.18 Å². The number of nitrogens with zero attached hydrogens (tertiary/aromatic N) is 2. The highest BCUT2D eigenvalue weighted by atomic mass is 35.5. The van der Waals surface area contributed by atoms with Crippen molar-refractivity contribution in [3.05, 3.63) is 65.5 Å². The normalized spacial score (nSPS) is 19.7. The van der Waals surface area contributed by atoms with Gasteiger partial charge in [-0.15, -0.1) is 12.4 Å². The summed E-state index contributed by atoms with van der Waals surface area (Å²) in [5, 5.41) is 0. The van der Waals surface area contributed by atoms with Gasteiger partial charge in [-0.2, -0.15) is 0 Å². The maximum absolute atomic E-state index is 13.1. The topological polar surface area (TPSA) is 23.6 Å². The van der Waals surface area contributed by atoms with E-state index in [-0.39, 0.29) is 30.2 Å². The highest BCUT2D eigenvalue weighted by Gasteiger charge is 2.36. The number of benzene rings is 2. The van der Waals surface area contributed by atoms with Crippen molar-refractivity contribution in [3.63, 3.8) is 0 Å². The molecule has 4 rings (SSSR count). The summed E-state index contributed by atoms with van der Waals surface area (Å²) in [6, 6.07) is 14.8. The van der Waals surface area contributed by atoms with Crippen molar-refractivity contribution >= 4 is 24.0 Å². The molecule has 2 aromatic carbocycles. The molecular formula is C18H18ClFN2O. The smallest absolute Gasteiger partial charge is 0.242 e. The van der Waals surface area contributed by atoms with Crippen LogP contribution < -0.4 is 4.90 Å². The van der Waals surface area contributed by atoms with Crippen LogP contribution in [0.15, 0.2) is 48.5 Å². The van der Waals surface area contributed by atoms with Crippen molar-refractivity contribution in [2.24, 2.45) is 0 Å². The molecule has 2 heterocycles. The first-order valence-corrected chi connectivity index (χ1v) is 7.60. The van der Waals surface area contributed by atoms with Crippen molar-refractivity contribution in [2.45, 2.75) is 12.5 Å². The first kappa shape index (κ1) is 15.8. The van der Waals surface area contributed by atoms with Crippen LogP contribution >= 0.6 is 12.4 Å². The second kappa shape index (κ2) is 6.20. The Morgan fingerprint density at radius 2 is 1.78 bits per heavy atom. The standard InChI is InChI=1S/C18H17FN2O.ClH/c19-14-5-7-15(8-6-14)20-11-17-16-4-2-1-3-13(16)9-10-21(17)18(22)12-20;/h1-8,17H,9-12H2;1H. The number of fused-ring (bicyclic) bond motifs is 3. The van der Waals surface area contributed by atoms with Gasteiger partial charge in [0.2, 0.25) is 5.91 Å². The number of rotatable bonds is 1. The fourth-order valence-electron chi connectivity index (χ4n) is 3.52. The van der Waals surface area contributed by atoms with Crippen LogP contribution in [0, 0.1) is 5.82 Å². The number of hydrogen-bond donors (Lipinski definition) is 0. The van der Waals surface area contributed by atoms with E-state index in [1.54, 1.807) is 12.1 Å². The van der Waals surface area contributed by atoms with Gasteiger partial charge >= 0.3 is 0 Å². The second-order valence-electron chi connectivity index (χ2n) is 5.91. The third-order valence-corrected chi connectivity index (χ3v) is 4.64. The van der Waals surface area contributed by atoms with E-state index < -0.39 is 0 Å². The van der Waals surface area contributed by atoms with E-state index in [1.165, 1.54) is 23.3 Å². The van der Waals surface area contributed by atoms with Crippen molar-refractivity contribution in [1.29, 1.82) is 0 Å². The zero-order valence-electron chi connectivity index (χ0n) is 12.6. The number of anilines is 1. The SMILES string of the molecule is Cl.O=C1CN(c2ccc(F)cc2)CC2c3ccccc3CCN12. The molecule has 0 bridgehead atoms. The van der Waals surface area contributed by atoms with E-state index in [9.17, 15) is 9.18 Å². The van der Waals surface area contributed by atoms with Crippen molar-refractivity contribution in [3.8, 4) is 0 Å². The van der Waals surface area contributed by atoms with Crippen LogP contribution in [0.25, 0.3) is 0 Å². The fraction of sp³-hybridized carbons (Fsp3) is 0.278. The van der Waals surface area contributed by atoms with Crippen LogP contribution in [0.1, 0.15) is 17.2 Å². The molecule has 1 fully saturated rings. The first-order chi connectivity index (χ1) is 10.7. The lowest BCUT2D eigenvalue weighted by molar-refractivity contribution is -0.134. The molecule has 2 aliphatic heterocycles. The third kappa shape index (κ3) is 2.79. The average Bonchev–Trinajstić information content (AvgIpc) is 2.55. The molecule has 0 aromatic heterocycles. The highest BCUT2D eigenvalue weighted by Crippen LogP contribution is 2.34. The van der Waals surface area contributed by atoms with Crippen LogP contribution in [-0.2, 0) is 11.2 Å². The quantitative estimate of drug-likeness (QED) is 0.800. The van der Waals surface area contributed by atoms with Crippen LogP contribution in [-0.4, -0.2) is 30.4 Å². The molecule has 0 saturated carbocycles. The van der Waals surface area contributed by atoms with Gasteiger partial charge in [0.05, 0.1) is 12.6 Å². The molecule has 0 aliphatic carbocycles. The lowest BCUT2D eigenvalue weighted by atomic mass is 9.90. The van der Waals surface area contributed by atoms with E-state index in [2.05, 4.69) is 18.2 Å². The molecule has 0 radical (unpaired) electrons. The van der Waals surface area contributed by atoms with Gasteiger partial charge in [0, 0.05) is 18.8 Å². The maximum Gasteiger partial charge on any atom is 0.242 e. The molecule has 1 saturated heterocycles. The molecule has 23 heavy (non-hydrogen) atoms. The monoisotopic (exact) mass is 332 g/mol. The lowest BCUT2D eigenvalue weighted by Gasteiger charge is -2.45. The van der Waals surface area contributed by atoms with Crippen molar-refractivity contribution in [1.82, 2.24) is 4.90 Å². The molecule has 2 aliphatic rings. The van der Waals surface area contributed by atoms with Gasteiger partial charge in [-0.05, 0) is 41.8 Å². The Kier molecular flexibility index (Phi) is 4.26. The lowest BCUT2D eigenvalue weighted by Crippen LogP contribution is -2.54. The Morgan fingerprint density at radius 3 is 2.57 bits per heavy atom. The Labute approximate surface area is 141 Å². The van der Waals surface area contributed by atoms with E-state index >= 15 is 0 Å². The molecule has 3 nitrogen and oxygen atoms in total. The summed E-state index contributed by atoms with van der Waals surface area (Å²) in [5.41, 5.74) is 3.48. The van der Waals surface area contributed by atoms with Gasteiger partial charge < -0.3 is 9.80 Å². The molecule has 120 valence electrons. The minimum atomic E-state index is -0.253. The number of hydrogen-bond acceptors (Lipinski definition) is 2. The molecule has 1 atom stereocenters. The van der Waals surface area contributed by atoms with Gasteiger partial charge in [-0.1, -0.05) is 24.3 Å². The number of carbonyl (C=O) groups is 1. The van der Waals surface area contributed by atoms with Gasteiger partial charge in [0.25, 0.3) is 0 Å². The van der Waals surface area contributed by atoms with Gasteiger partial charge in [0.1, 0.15) is 5.82 Å². The minimum absolute atomic E-state index is 0. The molecule has 0 N–H and O–H groups in total. The summed E-state index contributed by atoms with van der Waals surface area (Å²) >= 11 is 0. The van der Waals surface area contributed by atoms with E-state index in [0.29, 0.717) is 6.54 Å². The largest absolute Gasteiger partial charge is 0.360 e. The summed E-state index contributed by atoms with van der Waals surface area (Å²) in [7, 11) is 0. The van der Waals surface area contributed by atoms with Crippen LogP contribution in [0.4, 0.5) is 10.1 Å². The number of piperazine rings is 1. The zero-order valence-corrected chi connectivity index (χ0v) is 13.4. The Hall–Kier alpha value is -2.07. The van der Waals surface area contributed by atoms with E-state index in [1.807, 2.05) is 15.9 Å². The third-order valence-electron chi connectivity index (χ3n) is 4.64. The Morgan fingerprint density at radius 1 is 1.04 bits per heavy atom. The predicted octanol–water partition coefficient (Wildman–Crippen LogP) is 3.19. The predicted molar refractivity (Wildman–Crippen MR) is 90.5 cm³/mol.